The maximum atomic E-state index is 14.3. The second kappa shape index (κ2) is 13.6. The predicted molar refractivity (Wildman–Crippen MR) is 169 cm³/mol. The maximum Gasteiger partial charge on any atom is 0.270 e. The average Bonchev–Trinajstić information content (AvgIpc) is 3.38. The number of rotatable bonds is 11. The van der Waals surface area contributed by atoms with Gasteiger partial charge in [0, 0.05) is 45.1 Å². The molecule has 2 atom stereocenters. The van der Waals surface area contributed by atoms with Gasteiger partial charge in [-0.15, -0.1) is 0 Å². The smallest absolute Gasteiger partial charge is 0.270 e. The van der Waals surface area contributed by atoms with Gasteiger partial charge in [0.15, 0.2) is 11.6 Å². The number of hydrogen-bond acceptors (Lipinski definition) is 6. The molecule has 0 spiro atoms. The average molecular weight is 669 g/mol. The molecule has 0 saturated heterocycles. The van der Waals surface area contributed by atoms with Crippen molar-refractivity contribution in [3.63, 3.8) is 0 Å². The normalized spacial score (nSPS) is 17.7. The molecular weight excluding hydrogens is 641 g/mol. The molecule has 1 aliphatic rings. The number of benzene rings is 4. The number of amides is 1. The highest BCUT2D eigenvalue weighted by Gasteiger charge is 2.54. The number of nitrogens with zero attached hydrogens (tertiary/aromatic N) is 1. The number of aliphatic hydroxyl groups is 1. The fourth-order valence-corrected chi connectivity index (χ4v) is 5.42. The summed E-state index contributed by atoms with van der Waals surface area (Å²) in [6.45, 7) is 0.453. The molecule has 7 nitrogen and oxygen atoms in total. The van der Waals surface area contributed by atoms with Crippen LogP contribution in [0.3, 0.4) is 0 Å². The number of para-hydroxylation sites is 1. The molecule has 1 amide bonds. The first-order chi connectivity index (χ1) is 20.4. The molecule has 42 heavy (non-hydrogen) atoms. The molecule has 4 aromatic rings. The van der Waals surface area contributed by atoms with Gasteiger partial charge in [-0.3, -0.25) is 15.6 Å². The zero-order chi connectivity index (χ0) is 29.5. The first-order valence-electron chi connectivity index (χ1n) is 13.3. The minimum absolute atomic E-state index is 0.0546. The molecule has 10 heteroatoms. The van der Waals surface area contributed by atoms with Crippen LogP contribution in [0.2, 0.25) is 10.0 Å². The number of ether oxygens (including phenoxy) is 2. The Morgan fingerprint density at radius 2 is 1.74 bits per heavy atom. The Morgan fingerprint density at radius 3 is 2.43 bits per heavy atom. The monoisotopic (exact) mass is 667 g/mol. The van der Waals surface area contributed by atoms with Crippen LogP contribution in [0.1, 0.15) is 29.2 Å². The van der Waals surface area contributed by atoms with E-state index in [4.69, 9.17) is 42.8 Å². The van der Waals surface area contributed by atoms with E-state index in [1.54, 1.807) is 30.3 Å². The summed E-state index contributed by atoms with van der Waals surface area (Å²) in [6, 6.07) is 29.4. The lowest BCUT2D eigenvalue weighted by molar-refractivity contribution is -0.128. The third-order valence-electron chi connectivity index (χ3n) is 6.76. The molecule has 216 valence electrons. The van der Waals surface area contributed by atoms with E-state index >= 15 is 0 Å². The van der Waals surface area contributed by atoms with Crippen LogP contribution in [0.5, 0.6) is 5.75 Å². The van der Waals surface area contributed by atoms with Gasteiger partial charge in [0.05, 0.1) is 12.3 Å². The second-order valence-electron chi connectivity index (χ2n) is 9.70. The van der Waals surface area contributed by atoms with E-state index in [9.17, 15) is 4.79 Å². The molecule has 0 fully saturated rings. The van der Waals surface area contributed by atoms with Gasteiger partial charge < -0.3 is 14.6 Å². The summed E-state index contributed by atoms with van der Waals surface area (Å²) in [5, 5.41) is 9.86. The van der Waals surface area contributed by atoms with Gasteiger partial charge >= 0.3 is 0 Å². The van der Waals surface area contributed by atoms with E-state index in [1.165, 1.54) is 0 Å². The Labute approximate surface area is 262 Å². The lowest BCUT2D eigenvalue weighted by Crippen LogP contribution is -2.51. The Kier molecular flexibility index (Phi) is 9.69. The zero-order valence-corrected chi connectivity index (χ0v) is 25.5. The Bertz CT molecular complexity index is 1550. The molecule has 0 aromatic heterocycles. The van der Waals surface area contributed by atoms with Crippen LogP contribution >= 0.6 is 39.1 Å². The van der Waals surface area contributed by atoms with Gasteiger partial charge in [0.25, 0.3) is 5.91 Å². The summed E-state index contributed by atoms with van der Waals surface area (Å²) in [4.78, 5) is 19.3. The van der Waals surface area contributed by atoms with Crippen LogP contribution in [0, 0.1) is 0 Å². The van der Waals surface area contributed by atoms with Crippen molar-refractivity contribution in [1.29, 1.82) is 0 Å². The fourth-order valence-electron chi connectivity index (χ4n) is 4.65. The summed E-state index contributed by atoms with van der Waals surface area (Å²) in [5.41, 5.74) is 7.26. The molecular formula is C32H28BrCl2N3O4. The number of hydrogen-bond donors (Lipinski definition) is 3. The van der Waals surface area contributed by atoms with Crippen molar-refractivity contribution in [1.82, 2.24) is 5.43 Å². The molecule has 3 N–H and O–H groups in total. The Morgan fingerprint density at radius 1 is 1.00 bits per heavy atom. The maximum absolute atomic E-state index is 14.3. The predicted octanol–water partition coefficient (Wildman–Crippen LogP) is 7.16. The third kappa shape index (κ3) is 6.90. The van der Waals surface area contributed by atoms with E-state index in [2.05, 4.69) is 26.8 Å². The molecule has 1 heterocycles. The first-order valence-corrected chi connectivity index (χ1v) is 14.8. The van der Waals surface area contributed by atoms with E-state index in [0.717, 1.165) is 10.0 Å². The summed E-state index contributed by atoms with van der Waals surface area (Å²) in [7, 11) is 0. The van der Waals surface area contributed by atoms with Crippen LogP contribution in [-0.2, 0) is 16.0 Å². The van der Waals surface area contributed by atoms with Crippen LogP contribution in [0.15, 0.2) is 107 Å². The summed E-state index contributed by atoms with van der Waals surface area (Å²) < 4.78 is 13.1. The zero-order valence-electron chi connectivity index (χ0n) is 22.4. The van der Waals surface area contributed by atoms with E-state index in [-0.39, 0.29) is 13.0 Å². The number of aliphatic imine (C=N–C) groups is 1. The van der Waals surface area contributed by atoms with Crippen molar-refractivity contribution in [2.75, 3.05) is 18.6 Å². The molecule has 0 radical (unpaired) electrons. The van der Waals surface area contributed by atoms with Crippen molar-refractivity contribution >= 4 is 56.6 Å². The van der Waals surface area contributed by atoms with Gasteiger partial charge in [0.2, 0.25) is 5.90 Å². The number of carbonyl (C=O) groups is 1. The first kappa shape index (κ1) is 29.9. The number of carbonyl (C=O) groups excluding carboxylic acids is 1. The van der Waals surface area contributed by atoms with Crippen LogP contribution in [-0.4, -0.2) is 35.7 Å². The van der Waals surface area contributed by atoms with Crippen molar-refractivity contribution in [3.8, 4) is 5.75 Å². The number of aliphatic hydroxyl groups excluding tert-OH is 1. The second-order valence-corrected chi connectivity index (χ2v) is 11.5. The molecule has 0 saturated carbocycles. The highest BCUT2D eigenvalue weighted by Crippen LogP contribution is 2.45. The van der Waals surface area contributed by atoms with Crippen molar-refractivity contribution in [3.05, 3.63) is 128 Å². The number of anilines is 1. The highest BCUT2D eigenvalue weighted by molar-refractivity contribution is 9.10. The molecule has 5 rings (SSSR count). The van der Waals surface area contributed by atoms with Gasteiger partial charge in [0.1, 0.15) is 5.75 Å². The summed E-state index contributed by atoms with van der Waals surface area (Å²) in [5.74, 6) is 0.540. The third-order valence-corrected chi connectivity index (χ3v) is 7.85. The number of nitrogens with one attached hydrogen (secondary N) is 2. The molecule has 0 aliphatic carbocycles. The number of hydrazine groups is 1. The summed E-state index contributed by atoms with van der Waals surface area (Å²) >= 11 is 16.4. The topological polar surface area (TPSA) is 92.2 Å². The minimum atomic E-state index is -1.45. The molecule has 1 aliphatic heterocycles. The Hall–Kier alpha value is -3.56. The van der Waals surface area contributed by atoms with Crippen molar-refractivity contribution < 1.29 is 19.4 Å². The highest BCUT2D eigenvalue weighted by atomic mass is 79.9. The van der Waals surface area contributed by atoms with Gasteiger partial charge in [-0.2, -0.15) is 0 Å². The SMILES string of the molecule is O=C(NNc1ccccc1)[C@@]1(Cc2ccc(Br)cc2)N=C(c2ccc(OCCCO)cc2)O[C@H]1c1ccc(Cl)cc1Cl. The van der Waals surface area contributed by atoms with Crippen LogP contribution in [0.25, 0.3) is 0 Å². The van der Waals surface area contributed by atoms with Gasteiger partial charge in [-0.25, -0.2) is 4.99 Å². The van der Waals surface area contributed by atoms with E-state index in [0.29, 0.717) is 51.5 Å². The largest absolute Gasteiger partial charge is 0.494 e. The quantitative estimate of drug-likeness (QED) is 0.117. The standard InChI is InChI=1S/C32H28BrCl2N3O4/c33-23-11-7-21(8-12-23)20-32(31(40)38-37-25-5-2-1-3-6-25)29(27-16-13-24(34)19-28(27)35)42-30(36-32)22-9-14-26(15-10-22)41-18-4-17-39/h1-3,5-16,19,29,37,39H,4,17-18,20H2,(H,38,40)/t29-,32-/m0/s1. The van der Waals surface area contributed by atoms with Crippen molar-refractivity contribution in [2.24, 2.45) is 4.99 Å². The Balaban J connectivity index is 1.57. The molecule has 4 aromatic carbocycles. The lowest BCUT2D eigenvalue weighted by atomic mass is 9.82. The van der Waals surface area contributed by atoms with Gasteiger partial charge in [-0.05, 0) is 66.2 Å². The minimum Gasteiger partial charge on any atom is -0.494 e. The lowest BCUT2D eigenvalue weighted by Gasteiger charge is -2.31. The van der Waals surface area contributed by atoms with Gasteiger partial charge in [-0.1, -0.05) is 75.5 Å². The summed E-state index contributed by atoms with van der Waals surface area (Å²) in [6.07, 6.45) is -0.122. The van der Waals surface area contributed by atoms with Crippen LogP contribution < -0.4 is 15.6 Å². The van der Waals surface area contributed by atoms with Crippen molar-refractivity contribution in [2.45, 2.75) is 24.5 Å². The van der Waals surface area contributed by atoms with E-state index in [1.807, 2.05) is 66.7 Å². The molecule has 0 bridgehead atoms. The van der Waals surface area contributed by atoms with Crippen LogP contribution in [0.4, 0.5) is 5.69 Å². The van der Waals surface area contributed by atoms with E-state index < -0.39 is 17.6 Å². The fraction of sp³-hybridized carbons (Fsp3) is 0.188. The molecule has 0 unspecified atom stereocenters. The number of halogens is 3.